The summed E-state index contributed by atoms with van der Waals surface area (Å²) in [6.45, 7) is 1.27. The Morgan fingerprint density at radius 1 is 1.27 bits per heavy atom. The summed E-state index contributed by atoms with van der Waals surface area (Å²) in [5.41, 5.74) is 6.14. The Morgan fingerprint density at radius 2 is 2.09 bits per heavy atom. The van der Waals surface area contributed by atoms with Gasteiger partial charge in [0.15, 0.2) is 0 Å². The first-order valence-electron chi connectivity index (χ1n) is 4.73. The first kappa shape index (κ1) is 6.44. The normalized spacial score (nSPS) is 61.1. The van der Waals surface area contributed by atoms with E-state index in [-0.39, 0.29) is 0 Å². The third-order valence-electron chi connectivity index (χ3n) is 4.27. The molecule has 3 rings (SSSR count). The molecule has 2 heteroatoms. The van der Waals surface area contributed by atoms with Gasteiger partial charge in [-0.3, -0.25) is 0 Å². The lowest BCUT2D eigenvalue weighted by Gasteiger charge is -2.24. The van der Waals surface area contributed by atoms with Crippen LogP contribution < -0.4 is 5.73 Å². The van der Waals surface area contributed by atoms with Gasteiger partial charge < -0.3 is 10.6 Å². The van der Waals surface area contributed by atoms with Gasteiger partial charge >= 0.3 is 0 Å². The SMILES string of the molecule is CN1C[C@@H]2[C@H](N)[C@H]3C[C@H]2[C@@H]1C3. The molecule has 0 spiro atoms. The summed E-state index contributed by atoms with van der Waals surface area (Å²) >= 11 is 0. The minimum Gasteiger partial charge on any atom is -0.327 e. The summed E-state index contributed by atoms with van der Waals surface area (Å²) in [5.74, 6) is 2.70. The van der Waals surface area contributed by atoms with Crippen LogP contribution in [0.4, 0.5) is 0 Å². The average molecular weight is 152 g/mol. The summed E-state index contributed by atoms with van der Waals surface area (Å²) in [5, 5.41) is 0. The van der Waals surface area contributed by atoms with Crippen molar-refractivity contribution in [2.75, 3.05) is 13.6 Å². The van der Waals surface area contributed by atoms with Crippen LogP contribution in [-0.2, 0) is 0 Å². The summed E-state index contributed by atoms with van der Waals surface area (Å²) in [7, 11) is 2.26. The van der Waals surface area contributed by atoms with E-state index < -0.39 is 0 Å². The van der Waals surface area contributed by atoms with Crippen molar-refractivity contribution in [2.45, 2.75) is 24.9 Å². The van der Waals surface area contributed by atoms with Crippen LogP contribution in [0.2, 0.25) is 0 Å². The van der Waals surface area contributed by atoms with Crippen LogP contribution in [0.5, 0.6) is 0 Å². The molecule has 2 saturated carbocycles. The van der Waals surface area contributed by atoms with Crippen LogP contribution in [0, 0.1) is 17.8 Å². The van der Waals surface area contributed by atoms with Crippen LogP contribution in [0.15, 0.2) is 0 Å². The summed E-state index contributed by atoms with van der Waals surface area (Å²) < 4.78 is 0. The molecule has 0 aromatic rings. The quantitative estimate of drug-likeness (QED) is 0.540. The van der Waals surface area contributed by atoms with E-state index in [4.69, 9.17) is 5.73 Å². The third kappa shape index (κ3) is 0.611. The summed E-state index contributed by atoms with van der Waals surface area (Å²) in [6, 6.07) is 1.45. The van der Waals surface area contributed by atoms with Crippen LogP contribution in [-0.4, -0.2) is 30.6 Å². The molecule has 1 aliphatic heterocycles. The van der Waals surface area contributed by atoms with Crippen molar-refractivity contribution in [3.05, 3.63) is 0 Å². The van der Waals surface area contributed by atoms with Crippen LogP contribution >= 0.6 is 0 Å². The third-order valence-corrected chi connectivity index (χ3v) is 4.27. The van der Waals surface area contributed by atoms with Crippen molar-refractivity contribution in [1.29, 1.82) is 0 Å². The molecule has 0 aromatic carbocycles. The molecule has 1 saturated heterocycles. The van der Waals surface area contributed by atoms with Gasteiger partial charge in [0.1, 0.15) is 0 Å². The maximum absolute atomic E-state index is 6.14. The molecular weight excluding hydrogens is 136 g/mol. The van der Waals surface area contributed by atoms with E-state index in [0.29, 0.717) is 6.04 Å². The minimum atomic E-state index is 0.543. The predicted octanol–water partition coefficient (Wildman–Crippen LogP) is 0.284. The van der Waals surface area contributed by atoms with E-state index in [0.717, 1.165) is 23.8 Å². The number of likely N-dealkylation sites (tertiary alicyclic amines) is 1. The highest BCUT2D eigenvalue weighted by Crippen LogP contribution is 2.53. The molecular formula is C9H16N2. The lowest BCUT2D eigenvalue weighted by Crippen LogP contribution is -2.36. The molecule has 2 nitrogen and oxygen atoms in total. The van der Waals surface area contributed by atoms with Crippen molar-refractivity contribution >= 4 is 0 Å². The minimum absolute atomic E-state index is 0.543. The van der Waals surface area contributed by atoms with Gasteiger partial charge in [0, 0.05) is 18.6 Å². The molecule has 11 heavy (non-hydrogen) atoms. The average Bonchev–Trinajstić information content (AvgIpc) is 2.53. The molecule has 1 heterocycles. The molecule has 2 N–H and O–H groups in total. The molecule has 0 aromatic heterocycles. The number of hydrogen-bond donors (Lipinski definition) is 1. The lowest BCUT2D eigenvalue weighted by atomic mass is 9.86. The monoisotopic (exact) mass is 152 g/mol. The molecule has 62 valence electrons. The summed E-state index contributed by atoms with van der Waals surface area (Å²) in [6.07, 6.45) is 2.82. The maximum Gasteiger partial charge on any atom is 0.0128 e. The largest absolute Gasteiger partial charge is 0.327 e. The van der Waals surface area contributed by atoms with Crippen molar-refractivity contribution in [3.8, 4) is 0 Å². The maximum atomic E-state index is 6.14. The highest BCUT2D eigenvalue weighted by atomic mass is 15.2. The predicted molar refractivity (Wildman–Crippen MR) is 44.1 cm³/mol. The van der Waals surface area contributed by atoms with Gasteiger partial charge in [0.05, 0.1) is 0 Å². The molecule has 3 fully saturated rings. The highest BCUT2D eigenvalue weighted by molar-refractivity contribution is 5.10. The van der Waals surface area contributed by atoms with Crippen molar-refractivity contribution in [1.82, 2.24) is 4.90 Å². The Morgan fingerprint density at radius 3 is 2.73 bits per heavy atom. The van der Waals surface area contributed by atoms with Crippen LogP contribution in [0.1, 0.15) is 12.8 Å². The Hall–Kier alpha value is -0.0800. The Labute approximate surface area is 67.7 Å². The van der Waals surface area contributed by atoms with Gasteiger partial charge in [-0.15, -0.1) is 0 Å². The molecule has 2 bridgehead atoms. The Bertz CT molecular complexity index is 192. The fraction of sp³-hybridized carbons (Fsp3) is 1.00. The van der Waals surface area contributed by atoms with E-state index in [9.17, 15) is 0 Å². The number of hydrogen-bond acceptors (Lipinski definition) is 2. The number of fused-ring (bicyclic) bond motifs is 1. The van der Waals surface area contributed by atoms with Crippen molar-refractivity contribution < 1.29 is 0 Å². The lowest BCUT2D eigenvalue weighted by molar-refractivity contribution is 0.276. The Balaban J connectivity index is 1.98. The smallest absolute Gasteiger partial charge is 0.0128 e. The number of nitrogens with zero attached hydrogens (tertiary/aromatic N) is 1. The van der Waals surface area contributed by atoms with E-state index >= 15 is 0 Å². The number of rotatable bonds is 0. The van der Waals surface area contributed by atoms with Gasteiger partial charge in [0.2, 0.25) is 0 Å². The second kappa shape index (κ2) is 1.80. The topological polar surface area (TPSA) is 29.3 Å². The molecule has 2 aliphatic carbocycles. The zero-order chi connectivity index (χ0) is 7.59. The number of nitrogens with two attached hydrogens (primary N) is 1. The van der Waals surface area contributed by atoms with Gasteiger partial charge in [-0.1, -0.05) is 0 Å². The standard InChI is InChI=1S/C9H16N2/c1-11-4-7-6-2-5(9(7)10)3-8(6)11/h5-9H,2-4,10H2,1H3/t5-,6+,7-,8-,9+/m0/s1. The van der Waals surface area contributed by atoms with Crippen LogP contribution in [0.25, 0.3) is 0 Å². The first-order valence-corrected chi connectivity index (χ1v) is 4.73. The highest BCUT2D eigenvalue weighted by Gasteiger charge is 2.56. The van der Waals surface area contributed by atoms with E-state index in [2.05, 4.69) is 11.9 Å². The van der Waals surface area contributed by atoms with E-state index in [1.807, 2.05) is 0 Å². The second-order valence-corrected chi connectivity index (χ2v) is 4.64. The molecule has 3 aliphatic rings. The van der Waals surface area contributed by atoms with E-state index in [1.54, 1.807) is 0 Å². The van der Waals surface area contributed by atoms with Gasteiger partial charge in [-0.25, -0.2) is 0 Å². The fourth-order valence-corrected chi connectivity index (χ4v) is 3.73. The van der Waals surface area contributed by atoms with Gasteiger partial charge in [0.25, 0.3) is 0 Å². The van der Waals surface area contributed by atoms with Gasteiger partial charge in [-0.2, -0.15) is 0 Å². The van der Waals surface area contributed by atoms with Crippen molar-refractivity contribution in [2.24, 2.45) is 23.5 Å². The zero-order valence-corrected chi connectivity index (χ0v) is 7.03. The zero-order valence-electron chi connectivity index (χ0n) is 7.03. The fourth-order valence-electron chi connectivity index (χ4n) is 3.73. The molecule has 0 radical (unpaired) electrons. The van der Waals surface area contributed by atoms with E-state index in [1.165, 1.54) is 19.4 Å². The molecule has 0 amide bonds. The van der Waals surface area contributed by atoms with Crippen LogP contribution in [0.3, 0.4) is 0 Å². The first-order chi connectivity index (χ1) is 5.27. The second-order valence-electron chi connectivity index (χ2n) is 4.64. The van der Waals surface area contributed by atoms with Gasteiger partial charge in [-0.05, 0) is 37.6 Å². The summed E-state index contributed by atoms with van der Waals surface area (Å²) in [4.78, 5) is 2.53. The van der Waals surface area contributed by atoms with Crippen molar-refractivity contribution in [3.63, 3.8) is 0 Å². The molecule has 5 atom stereocenters. The Kier molecular flexibility index (Phi) is 1.06. The molecule has 0 unspecified atom stereocenters.